The smallest absolute Gasteiger partial charge is 0.129 e. The first-order valence-corrected chi connectivity index (χ1v) is 6.75. The van der Waals surface area contributed by atoms with Crippen LogP contribution in [-0.4, -0.2) is 9.97 Å². The highest BCUT2D eigenvalue weighted by molar-refractivity contribution is 9.05. The van der Waals surface area contributed by atoms with E-state index in [1.165, 1.54) is 20.6 Å². The maximum absolute atomic E-state index is 4.27. The predicted octanol–water partition coefficient (Wildman–Crippen LogP) is 3.19. The Morgan fingerprint density at radius 3 is 2.58 bits per heavy atom. The number of nitrogens with zero attached hydrogens (tertiary/aromatic N) is 2. The largest absolute Gasteiger partial charge is 0.257 e. The van der Waals surface area contributed by atoms with Crippen LogP contribution in [0.4, 0.5) is 0 Å². The lowest BCUT2D eigenvalue weighted by Gasteiger charge is -2.06. The van der Waals surface area contributed by atoms with Gasteiger partial charge in [-0.25, -0.2) is 4.98 Å². The van der Waals surface area contributed by atoms with Crippen molar-refractivity contribution in [2.45, 2.75) is 24.8 Å². The molecular weight excluding hydrogens is 208 g/mol. The number of hydrogen-bond acceptors (Lipinski definition) is 5. The molecule has 0 spiro atoms. The molecule has 1 rings (SSSR count). The van der Waals surface area contributed by atoms with E-state index in [4.69, 9.17) is 0 Å². The maximum Gasteiger partial charge on any atom is 0.129 e. The molecule has 1 aromatic heterocycles. The summed E-state index contributed by atoms with van der Waals surface area (Å²) in [6.07, 6.45) is 3.43. The highest BCUT2D eigenvalue weighted by Crippen LogP contribution is 2.35. The SMILES string of the molecule is CC(C)c1nccnc1SSS. The fraction of sp³-hybridized carbons (Fsp3) is 0.429. The zero-order valence-electron chi connectivity index (χ0n) is 6.89. The highest BCUT2D eigenvalue weighted by atomic mass is 33.5. The molecule has 0 saturated carbocycles. The van der Waals surface area contributed by atoms with Crippen molar-refractivity contribution in [1.82, 2.24) is 9.97 Å². The van der Waals surface area contributed by atoms with Crippen molar-refractivity contribution >= 4 is 32.3 Å². The van der Waals surface area contributed by atoms with Crippen LogP contribution >= 0.6 is 32.3 Å². The van der Waals surface area contributed by atoms with E-state index >= 15 is 0 Å². The molecule has 0 amide bonds. The number of aromatic nitrogens is 2. The molecule has 0 N–H and O–H groups in total. The first-order chi connectivity index (χ1) is 5.75. The highest BCUT2D eigenvalue weighted by Gasteiger charge is 2.08. The van der Waals surface area contributed by atoms with Crippen LogP contribution in [0.25, 0.3) is 0 Å². The van der Waals surface area contributed by atoms with E-state index in [0.717, 1.165) is 10.7 Å². The maximum atomic E-state index is 4.27. The lowest BCUT2D eigenvalue weighted by atomic mass is 10.1. The summed E-state index contributed by atoms with van der Waals surface area (Å²) in [6, 6.07) is 0. The van der Waals surface area contributed by atoms with Gasteiger partial charge < -0.3 is 0 Å². The molecule has 0 aromatic carbocycles. The fourth-order valence-electron chi connectivity index (χ4n) is 0.832. The Labute approximate surface area is 85.2 Å². The summed E-state index contributed by atoms with van der Waals surface area (Å²) in [5, 5.41) is 0.965. The minimum atomic E-state index is 0.418. The van der Waals surface area contributed by atoms with Gasteiger partial charge in [-0.15, -0.1) is 0 Å². The molecule has 0 radical (unpaired) electrons. The Morgan fingerprint density at radius 1 is 1.33 bits per heavy atom. The van der Waals surface area contributed by atoms with Gasteiger partial charge in [-0.2, -0.15) is 0 Å². The van der Waals surface area contributed by atoms with E-state index in [1.807, 2.05) is 0 Å². The van der Waals surface area contributed by atoms with Crippen LogP contribution in [0, 0.1) is 0 Å². The monoisotopic (exact) mass is 218 g/mol. The van der Waals surface area contributed by atoms with Gasteiger partial charge in [-0.05, 0) is 26.5 Å². The van der Waals surface area contributed by atoms with Gasteiger partial charge in [0, 0.05) is 12.4 Å². The van der Waals surface area contributed by atoms with Gasteiger partial charge in [0.1, 0.15) is 5.03 Å². The van der Waals surface area contributed by atoms with Crippen molar-refractivity contribution in [3.05, 3.63) is 18.1 Å². The molecule has 12 heavy (non-hydrogen) atoms. The molecule has 0 aliphatic carbocycles. The molecular formula is C7H10N2S3. The zero-order chi connectivity index (χ0) is 8.97. The second-order valence-electron chi connectivity index (χ2n) is 2.56. The van der Waals surface area contributed by atoms with Crippen molar-refractivity contribution < 1.29 is 0 Å². The summed E-state index contributed by atoms with van der Waals surface area (Å²) in [4.78, 5) is 8.49. The van der Waals surface area contributed by atoms with Gasteiger partial charge in [-0.1, -0.05) is 25.5 Å². The quantitative estimate of drug-likeness (QED) is 0.622. The van der Waals surface area contributed by atoms with Gasteiger partial charge in [0.25, 0.3) is 0 Å². The number of hydrogen-bond donors (Lipinski definition) is 1. The Morgan fingerprint density at radius 2 is 2.00 bits per heavy atom. The zero-order valence-corrected chi connectivity index (χ0v) is 9.42. The van der Waals surface area contributed by atoms with Crippen LogP contribution in [-0.2, 0) is 0 Å². The molecule has 0 bridgehead atoms. The van der Waals surface area contributed by atoms with Crippen molar-refractivity contribution in [1.29, 1.82) is 0 Å². The van der Waals surface area contributed by atoms with Gasteiger partial charge >= 0.3 is 0 Å². The Bertz CT molecular complexity index is 252. The van der Waals surface area contributed by atoms with Crippen LogP contribution in [0.3, 0.4) is 0 Å². The summed E-state index contributed by atoms with van der Waals surface area (Å²) in [5.74, 6) is 0.418. The molecule has 0 aliphatic rings. The van der Waals surface area contributed by atoms with Crippen molar-refractivity contribution in [2.75, 3.05) is 0 Å². The second-order valence-corrected chi connectivity index (χ2v) is 5.55. The van der Waals surface area contributed by atoms with Crippen molar-refractivity contribution in [2.24, 2.45) is 0 Å². The van der Waals surface area contributed by atoms with E-state index < -0.39 is 0 Å². The third kappa shape index (κ3) is 2.57. The van der Waals surface area contributed by atoms with Gasteiger partial charge in [0.05, 0.1) is 5.69 Å². The lowest BCUT2D eigenvalue weighted by Crippen LogP contribution is -1.96. The molecule has 0 fully saturated rings. The Kier molecular flexibility index (Phi) is 4.25. The van der Waals surface area contributed by atoms with Gasteiger partial charge in [0.2, 0.25) is 0 Å². The molecule has 0 aliphatic heterocycles. The molecule has 0 unspecified atom stereocenters. The third-order valence-corrected chi connectivity index (χ3v) is 3.27. The summed E-state index contributed by atoms with van der Waals surface area (Å²) in [5.41, 5.74) is 1.05. The average Bonchev–Trinajstić information content (AvgIpc) is 2.05. The van der Waals surface area contributed by atoms with E-state index in [9.17, 15) is 0 Å². The van der Waals surface area contributed by atoms with E-state index in [2.05, 4.69) is 35.5 Å². The second kappa shape index (κ2) is 4.99. The molecule has 2 nitrogen and oxygen atoms in total. The molecule has 0 saturated heterocycles. The van der Waals surface area contributed by atoms with Crippen LogP contribution in [0.1, 0.15) is 25.5 Å². The fourth-order valence-corrected chi connectivity index (χ4v) is 2.61. The molecule has 1 aromatic rings. The normalized spacial score (nSPS) is 10.7. The Balaban J connectivity index is 2.92. The lowest BCUT2D eigenvalue weighted by molar-refractivity contribution is 0.770. The molecule has 0 atom stereocenters. The van der Waals surface area contributed by atoms with Crippen molar-refractivity contribution in [3.8, 4) is 0 Å². The van der Waals surface area contributed by atoms with Crippen molar-refractivity contribution in [3.63, 3.8) is 0 Å². The molecule has 5 heteroatoms. The van der Waals surface area contributed by atoms with Crippen LogP contribution in [0.2, 0.25) is 0 Å². The number of thiol groups is 1. The minimum absolute atomic E-state index is 0.418. The first kappa shape index (κ1) is 10.2. The Hall–Kier alpha value is 0.130. The van der Waals surface area contributed by atoms with Gasteiger partial charge in [-0.3, -0.25) is 4.98 Å². The van der Waals surface area contributed by atoms with E-state index in [0.29, 0.717) is 5.92 Å². The van der Waals surface area contributed by atoms with Crippen LogP contribution in [0.5, 0.6) is 0 Å². The summed E-state index contributed by atoms with van der Waals surface area (Å²) in [6.45, 7) is 4.22. The summed E-state index contributed by atoms with van der Waals surface area (Å²) in [7, 11) is 2.93. The number of rotatable bonds is 3. The first-order valence-electron chi connectivity index (χ1n) is 3.54. The van der Waals surface area contributed by atoms with Crippen LogP contribution in [0.15, 0.2) is 17.4 Å². The van der Waals surface area contributed by atoms with Crippen LogP contribution < -0.4 is 0 Å². The van der Waals surface area contributed by atoms with E-state index in [1.54, 1.807) is 12.4 Å². The topological polar surface area (TPSA) is 25.8 Å². The minimum Gasteiger partial charge on any atom is -0.257 e. The van der Waals surface area contributed by atoms with Gasteiger partial charge in [0.15, 0.2) is 0 Å². The predicted molar refractivity (Wildman–Crippen MR) is 58.6 cm³/mol. The standard InChI is InChI=1S/C7H10N2S3/c1-5(2)6-7(11-12-10)9-4-3-8-6/h3-5,10H,1-2H3. The summed E-state index contributed by atoms with van der Waals surface area (Å²) >= 11 is 4.06. The average molecular weight is 218 g/mol. The molecule has 1 heterocycles. The third-order valence-electron chi connectivity index (χ3n) is 1.35. The summed E-state index contributed by atoms with van der Waals surface area (Å²) < 4.78 is 0. The molecule has 66 valence electrons. The van der Waals surface area contributed by atoms with E-state index in [-0.39, 0.29) is 0 Å².